The Bertz CT molecular complexity index is 332. The summed E-state index contributed by atoms with van der Waals surface area (Å²) in [6.45, 7) is 0.743. The van der Waals surface area contributed by atoms with Gasteiger partial charge in [0.05, 0.1) is 12.3 Å². The first-order valence-electron chi connectivity index (χ1n) is 6.92. The maximum Gasteiger partial charge on any atom is 0.391 e. The topological polar surface area (TPSA) is 40.5 Å². The normalized spacial score (nSPS) is 33.5. The number of halogens is 3. The second kappa shape index (κ2) is 5.69. The van der Waals surface area contributed by atoms with Crippen LogP contribution in [0.1, 0.15) is 44.9 Å². The molecule has 110 valence electrons. The lowest BCUT2D eigenvalue weighted by Crippen LogP contribution is -2.44. The van der Waals surface area contributed by atoms with Crippen molar-refractivity contribution in [2.24, 2.45) is 5.92 Å². The molecule has 2 fully saturated rings. The molecule has 0 bridgehead atoms. The summed E-state index contributed by atoms with van der Waals surface area (Å²) in [6.07, 6.45) is -0.663. The fourth-order valence-electron chi connectivity index (χ4n) is 3.52. The molecular weight excluding hydrogens is 259 g/mol. The molecule has 3 nitrogen and oxygen atoms in total. The second-order valence-electron chi connectivity index (χ2n) is 5.69. The lowest BCUT2D eigenvalue weighted by atomic mass is 9.84. The molecule has 0 aromatic carbocycles. The number of hydrogen-bond acceptors (Lipinski definition) is 2. The highest BCUT2D eigenvalue weighted by atomic mass is 19.4. The van der Waals surface area contributed by atoms with E-state index < -0.39 is 18.1 Å². The number of hydrogen-bond donors (Lipinski definition) is 1. The zero-order chi connectivity index (χ0) is 14.0. The first-order chi connectivity index (χ1) is 8.88. The molecule has 0 aromatic rings. The van der Waals surface area contributed by atoms with Crippen LogP contribution in [0.25, 0.3) is 0 Å². The van der Waals surface area contributed by atoms with Crippen molar-refractivity contribution >= 4 is 5.97 Å². The van der Waals surface area contributed by atoms with E-state index in [0.29, 0.717) is 6.42 Å². The summed E-state index contributed by atoms with van der Waals surface area (Å²) in [5.74, 6) is -2.07. The first-order valence-corrected chi connectivity index (χ1v) is 6.92. The largest absolute Gasteiger partial charge is 0.481 e. The smallest absolute Gasteiger partial charge is 0.391 e. The van der Waals surface area contributed by atoms with Gasteiger partial charge >= 0.3 is 12.1 Å². The highest BCUT2D eigenvalue weighted by Gasteiger charge is 2.44. The van der Waals surface area contributed by atoms with Gasteiger partial charge in [0, 0.05) is 12.1 Å². The molecule has 3 unspecified atom stereocenters. The highest BCUT2D eigenvalue weighted by molar-refractivity contribution is 5.67. The number of nitrogens with zero attached hydrogens (tertiary/aromatic N) is 1. The van der Waals surface area contributed by atoms with E-state index in [-0.39, 0.29) is 31.3 Å². The fourth-order valence-corrected chi connectivity index (χ4v) is 3.52. The molecule has 1 N–H and O–H groups in total. The summed E-state index contributed by atoms with van der Waals surface area (Å²) >= 11 is 0. The molecule has 0 radical (unpaired) electrons. The Hall–Kier alpha value is -0.780. The number of carboxylic acids is 1. The van der Waals surface area contributed by atoms with Gasteiger partial charge < -0.3 is 5.11 Å². The molecule has 0 aromatic heterocycles. The predicted octanol–water partition coefficient (Wildman–Crippen LogP) is 3.05. The third-order valence-corrected chi connectivity index (χ3v) is 4.41. The monoisotopic (exact) mass is 279 g/mol. The van der Waals surface area contributed by atoms with E-state index in [4.69, 9.17) is 5.11 Å². The van der Waals surface area contributed by atoms with Crippen LogP contribution in [0.5, 0.6) is 0 Å². The van der Waals surface area contributed by atoms with Crippen molar-refractivity contribution in [1.29, 1.82) is 0 Å². The first kappa shape index (κ1) is 14.6. The average molecular weight is 279 g/mol. The molecule has 6 heteroatoms. The Morgan fingerprint density at radius 3 is 2.58 bits per heavy atom. The van der Waals surface area contributed by atoms with Crippen LogP contribution in [0.15, 0.2) is 0 Å². The summed E-state index contributed by atoms with van der Waals surface area (Å²) in [6, 6.07) is -0.165. The lowest BCUT2D eigenvalue weighted by molar-refractivity contribution is -0.187. The molecule has 2 aliphatic rings. The van der Waals surface area contributed by atoms with E-state index in [1.165, 1.54) is 0 Å². The Kier molecular flexibility index (Phi) is 4.38. The van der Waals surface area contributed by atoms with E-state index in [9.17, 15) is 18.0 Å². The number of aliphatic carboxylic acids is 1. The predicted molar refractivity (Wildman–Crippen MR) is 63.8 cm³/mol. The van der Waals surface area contributed by atoms with Crippen LogP contribution >= 0.6 is 0 Å². The van der Waals surface area contributed by atoms with Crippen molar-refractivity contribution in [1.82, 2.24) is 4.90 Å². The SMILES string of the molecule is O=C(O)CC1CCCN1C1CCCC(C(F)(F)F)C1. The molecule has 3 atom stereocenters. The zero-order valence-corrected chi connectivity index (χ0v) is 10.8. The molecule has 19 heavy (non-hydrogen) atoms. The maximum atomic E-state index is 12.8. The van der Waals surface area contributed by atoms with Gasteiger partial charge in [-0.05, 0) is 38.6 Å². The van der Waals surface area contributed by atoms with Gasteiger partial charge in [0.2, 0.25) is 0 Å². The highest BCUT2D eigenvalue weighted by Crippen LogP contribution is 2.40. The molecule has 1 saturated carbocycles. The van der Waals surface area contributed by atoms with Gasteiger partial charge in [-0.3, -0.25) is 9.69 Å². The fraction of sp³-hybridized carbons (Fsp3) is 0.923. The summed E-state index contributed by atoms with van der Waals surface area (Å²) in [5.41, 5.74) is 0. The number of carbonyl (C=O) groups is 1. The van der Waals surface area contributed by atoms with E-state index >= 15 is 0 Å². The Balaban J connectivity index is 1.98. The van der Waals surface area contributed by atoms with Gasteiger partial charge in [-0.15, -0.1) is 0 Å². The second-order valence-corrected chi connectivity index (χ2v) is 5.69. The van der Waals surface area contributed by atoms with Crippen molar-refractivity contribution in [3.8, 4) is 0 Å². The maximum absolute atomic E-state index is 12.8. The number of rotatable bonds is 3. The van der Waals surface area contributed by atoms with Gasteiger partial charge in [-0.1, -0.05) is 6.42 Å². The molecular formula is C13H20F3NO2. The molecule has 0 amide bonds. The van der Waals surface area contributed by atoms with E-state index in [2.05, 4.69) is 0 Å². The molecule has 1 saturated heterocycles. The van der Waals surface area contributed by atoms with E-state index in [0.717, 1.165) is 25.8 Å². The summed E-state index contributed by atoms with van der Waals surface area (Å²) in [4.78, 5) is 12.8. The number of likely N-dealkylation sites (tertiary alicyclic amines) is 1. The Labute approximate surface area is 110 Å². The minimum absolute atomic E-state index is 0.0488. The van der Waals surface area contributed by atoms with Gasteiger partial charge in [-0.2, -0.15) is 13.2 Å². The van der Waals surface area contributed by atoms with Gasteiger partial charge in [0.1, 0.15) is 0 Å². The van der Waals surface area contributed by atoms with Crippen molar-refractivity contribution in [2.45, 2.75) is 63.2 Å². The molecule has 1 aliphatic carbocycles. The minimum atomic E-state index is -4.11. The van der Waals surface area contributed by atoms with Crippen LogP contribution in [0, 0.1) is 5.92 Å². The Morgan fingerprint density at radius 2 is 1.95 bits per heavy atom. The van der Waals surface area contributed by atoms with Crippen LogP contribution in [0.2, 0.25) is 0 Å². The summed E-state index contributed by atoms with van der Waals surface area (Å²) in [7, 11) is 0. The van der Waals surface area contributed by atoms with Crippen LogP contribution in [-0.4, -0.2) is 40.8 Å². The van der Waals surface area contributed by atoms with Crippen molar-refractivity contribution in [3.05, 3.63) is 0 Å². The third kappa shape index (κ3) is 3.61. The van der Waals surface area contributed by atoms with Crippen LogP contribution in [0.3, 0.4) is 0 Å². The third-order valence-electron chi connectivity index (χ3n) is 4.41. The van der Waals surface area contributed by atoms with E-state index in [1.807, 2.05) is 4.90 Å². The van der Waals surface area contributed by atoms with Gasteiger partial charge in [-0.25, -0.2) is 0 Å². The molecule has 1 heterocycles. The van der Waals surface area contributed by atoms with E-state index in [1.54, 1.807) is 0 Å². The van der Waals surface area contributed by atoms with Gasteiger partial charge in [0.25, 0.3) is 0 Å². The summed E-state index contributed by atoms with van der Waals surface area (Å²) < 4.78 is 38.4. The van der Waals surface area contributed by atoms with Crippen LogP contribution < -0.4 is 0 Å². The Morgan fingerprint density at radius 1 is 1.21 bits per heavy atom. The van der Waals surface area contributed by atoms with Crippen LogP contribution in [0.4, 0.5) is 13.2 Å². The molecule has 2 rings (SSSR count). The van der Waals surface area contributed by atoms with Gasteiger partial charge in [0.15, 0.2) is 0 Å². The molecule has 1 aliphatic heterocycles. The minimum Gasteiger partial charge on any atom is -0.481 e. The standard InChI is InChI=1S/C13H20F3NO2/c14-13(15,16)9-3-1-4-10(7-9)17-6-2-5-11(17)8-12(18)19/h9-11H,1-8H2,(H,18,19). The van der Waals surface area contributed by atoms with Crippen molar-refractivity contribution in [3.63, 3.8) is 0 Å². The van der Waals surface area contributed by atoms with Crippen molar-refractivity contribution < 1.29 is 23.1 Å². The zero-order valence-electron chi connectivity index (χ0n) is 10.8. The lowest BCUT2D eigenvalue weighted by Gasteiger charge is -2.38. The molecule has 0 spiro atoms. The van der Waals surface area contributed by atoms with Crippen molar-refractivity contribution in [2.75, 3.05) is 6.54 Å². The number of carboxylic acid groups (broad SMARTS) is 1. The van der Waals surface area contributed by atoms with Crippen LogP contribution in [-0.2, 0) is 4.79 Å². The summed E-state index contributed by atoms with van der Waals surface area (Å²) in [5, 5.41) is 8.86. The number of alkyl halides is 3. The average Bonchev–Trinajstić information content (AvgIpc) is 2.75. The quantitative estimate of drug-likeness (QED) is 0.863.